The molecule has 0 aliphatic carbocycles. The molecule has 20 heavy (non-hydrogen) atoms. The molecule has 0 aliphatic heterocycles. The number of rotatable bonds is 5. The Hall–Kier alpha value is -1.88. The second kappa shape index (κ2) is 6.52. The summed E-state index contributed by atoms with van der Waals surface area (Å²) >= 11 is 1.56. The monoisotopic (exact) mass is 293 g/mol. The lowest BCUT2D eigenvalue weighted by Crippen LogP contribution is -2.28. The van der Waals surface area contributed by atoms with Crippen molar-refractivity contribution in [3.63, 3.8) is 0 Å². The topological polar surface area (TPSA) is 49.3 Å². The fraction of sp³-hybridized carbons (Fsp3) is 0.267. The smallest absolute Gasteiger partial charge is 0.255 e. The predicted octanol–water partition coefficient (Wildman–Crippen LogP) is 3.86. The number of hydrogen-bond acceptors (Lipinski definition) is 3. The number of hydrogen-bond donors (Lipinski definition) is 2. The Balaban J connectivity index is 2.18. The SMILES string of the molecule is CCCC(NC(=O)c1cc(F)ccc1O)c1cccs1. The van der Waals surface area contributed by atoms with E-state index in [9.17, 15) is 14.3 Å². The van der Waals surface area contributed by atoms with Crippen LogP contribution in [0.4, 0.5) is 4.39 Å². The molecule has 2 aromatic rings. The minimum Gasteiger partial charge on any atom is -0.507 e. The molecule has 3 nitrogen and oxygen atoms in total. The van der Waals surface area contributed by atoms with E-state index < -0.39 is 11.7 Å². The molecule has 1 aromatic carbocycles. The Kier molecular flexibility index (Phi) is 4.74. The van der Waals surface area contributed by atoms with E-state index in [-0.39, 0.29) is 17.4 Å². The van der Waals surface area contributed by atoms with Crippen molar-refractivity contribution < 1.29 is 14.3 Å². The molecule has 0 bridgehead atoms. The van der Waals surface area contributed by atoms with Crippen LogP contribution in [0.15, 0.2) is 35.7 Å². The van der Waals surface area contributed by atoms with Crippen molar-refractivity contribution in [3.05, 3.63) is 52.0 Å². The van der Waals surface area contributed by atoms with Gasteiger partial charge in [0.05, 0.1) is 11.6 Å². The second-order valence-electron chi connectivity index (χ2n) is 4.49. The molecule has 0 fully saturated rings. The second-order valence-corrected chi connectivity index (χ2v) is 5.47. The summed E-state index contributed by atoms with van der Waals surface area (Å²) < 4.78 is 13.2. The first-order valence-electron chi connectivity index (χ1n) is 6.44. The number of carbonyl (C=O) groups is 1. The average molecular weight is 293 g/mol. The van der Waals surface area contributed by atoms with Crippen LogP contribution in [0.2, 0.25) is 0 Å². The van der Waals surface area contributed by atoms with Crippen molar-refractivity contribution in [1.82, 2.24) is 5.32 Å². The highest BCUT2D eigenvalue weighted by Gasteiger charge is 2.18. The van der Waals surface area contributed by atoms with Gasteiger partial charge < -0.3 is 10.4 Å². The van der Waals surface area contributed by atoms with Gasteiger partial charge >= 0.3 is 0 Å². The molecule has 2 rings (SSSR count). The summed E-state index contributed by atoms with van der Waals surface area (Å²) in [5.74, 6) is -1.23. The summed E-state index contributed by atoms with van der Waals surface area (Å²) in [5, 5.41) is 14.5. The summed E-state index contributed by atoms with van der Waals surface area (Å²) in [5.41, 5.74) is -0.0392. The molecule has 0 radical (unpaired) electrons. The highest BCUT2D eigenvalue weighted by molar-refractivity contribution is 7.10. The minimum atomic E-state index is -0.545. The Labute approximate surface area is 121 Å². The fourth-order valence-corrected chi connectivity index (χ4v) is 2.80. The maximum Gasteiger partial charge on any atom is 0.255 e. The molecule has 1 amide bonds. The molecule has 1 heterocycles. The third-order valence-corrected chi connectivity index (χ3v) is 3.96. The maximum atomic E-state index is 13.2. The number of carbonyl (C=O) groups excluding carboxylic acids is 1. The molecule has 1 unspecified atom stereocenters. The van der Waals surface area contributed by atoms with Crippen LogP contribution in [-0.4, -0.2) is 11.0 Å². The van der Waals surface area contributed by atoms with Gasteiger partial charge in [-0.05, 0) is 36.1 Å². The van der Waals surface area contributed by atoms with Crippen molar-refractivity contribution in [2.45, 2.75) is 25.8 Å². The quantitative estimate of drug-likeness (QED) is 0.879. The number of thiophene rings is 1. The van der Waals surface area contributed by atoms with Gasteiger partial charge in [0.2, 0.25) is 0 Å². The van der Waals surface area contributed by atoms with Gasteiger partial charge in [0, 0.05) is 4.88 Å². The van der Waals surface area contributed by atoms with Gasteiger partial charge in [-0.25, -0.2) is 4.39 Å². The minimum absolute atomic E-state index is 0.0392. The van der Waals surface area contributed by atoms with Gasteiger partial charge in [-0.3, -0.25) is 4.79 Å². The third-order valence-electron chi connectivity index (χ3n) is 2.97. The maximum absolute atomic E-state index is 13.2. The van der Waals surface area contributed by atoms with Crippen LogP contribution in [0, 0.1) is 5.82 Å². The highest BCUT2D eigenvalue weighted by atomic mass is 32.1. The highest BCUT2D eigenvalue weighted by Crippen LogP contribution is 2.25. The Morgan fingerprint density at radius 2 is 2.25 bits per heavy atom. The van der Waals surface area contributed by atoms with Gasteiger partial charge in [-0.2, -0.15) is 0 Å². The lowest BCUT2D eigenvalue weighted by Gasteiger charge is -2.17. The van der Waals surface area contributed by atoms with E-state index in [1.165, 1.54) is 6.07 Å². The van der Waals surface area contributed by atoms with E-state index in [0.29, 0.717) is 0 Å². The molecule has 2 N–H and O–H groups in total. The summed E-state index contributed by atoms with van der Waals surface area (Å²) in [6.45, 7) is 2.03. The van der Waals surface area contributed by atoms with Gasteiger partial charge in [-0.1, -0.05) is 19.4 Å². The molecule has 0 spiro atoms. The van der Waals surface area contributed by atoms with E-state index in [4.69, 9.17) is 0 Å². The van der Waals surface area contributed by atoms with E-state index in [2.05, 4.69) is 5.32 Å². The number of phenolic OH excluding ortho intramolecular Hbond substituents is 1. The van der Waals surface area contributed by atoms with Crippen molar-refractivity contribution in [3.8, 4) is 5.75 Å². The van der Waals surface area contributed by atoms with Crippen molar-refractivity contribution in [1.29, 1.82) is 0 Å². The van der Waals surface area contributed by atoms with Crippen LogP contribution in [0.3, 0.4) is 0 Å². The number of phenols is 1. The Bertz CT molecular complexity index is 584. The molecule has 0 saturated carbocycles. The van der Waals surface area contributed by atoms with Crippen LogP contribution >= 0.6 is 11.3 Å². The van der Waals surface area contributed by atoms with Gasteiger partial charge in [0.25, 0.3) is 5.91 Å². The number of amides is 1. The zero-order valence-corrected chi connectivity index (χ0v) is 11.9. The van der Waals surface area contributed by atoms with Crippen LogP contribution < -0.4 is 5.32 Å². The molecule has 1 aromatic heterocycles. The first-order valence-corrected chi connectivity index (χ1v) is 7.32. The number of nitrogens with one attached hydrogen (secondary N) is 1. The van der Waals surface area contributed by atoms with Crippen LogP contribution in [0.5, 0.6) is 5.75 Å². The van der Waals surface area contributed by atoms with Crippen molar-refractivity contribution >= 4 is 17.2 Å². The summed E-state index contributed by atoms with van der Waals surface area (Å²) in [7, 11) is 0. The molecule has 1 atom stereocenters. The lowest BCUT2D eigenvalue weighted by atomic mass is 10.1. The van der Waals surface area contributed by atoms with Crippen LogP contribution in [0.25, 0.3) is 0 Å². The van der Waals surface area contributed by atoms with Gasteiger partial charge in [0.15, 0.2) is 0 Å². The van der Waals surface area contributed by atoms with E-state index in [0.717, 1.165) is 29.9 Å². The zero-order chi connectivity index (χ0) is 14.5. The fourth-order valence-electron chi connectivity index (χ4n) is 1.99. The first kappa shape index (κ1) is 14.5. The van der Waals surface area contributed by atoms with Crippen LogP contribution in [0.1, 0.15) is 41.0 Å². The lowest BCUT2D eigenvalue weighted by molar-refractivity contribution is 0.0932. The standard InChI is InChI=1S/C15H16FNO2S/c1-2-4-12(14-5-3-8-20-14)17-15(19)11-9-10(16)6-7-13(11)18/h3,5-9,12,18H,2,4H2,1H3,(H,17,19). The number of aromatic hydroxyl groups is 1. The van der Waals surface area contributed by atoms with Gasteiger partial charge in [0.1, 0.15) is 11.6 Å². The molecular weight excluding hydrogens is 277 g/mol. The summed E-state index contributed by atoms with van der Waals surface area (Å²) in [6.07, 6.45) is 1.71. The Morgan fingerprint density at radius 3 is 2.90 bits per heavy atom. The third kappa shape index (κ3) is 3.36. The zero-order valence-electron chi connectivity index (χ0n) is 11.1. The summed E-state index contributed by atoms with van der Waals surface area (Å²) in [6, 6.07) is 7.11. The molecule has 106 valence electrons. The molecule has 5 heteroatoms. The van der Waals surface area contributed by atoms with Gasteiger partial charge in [-0.15, -0.1) is 11.3 Å². The number of halogens is 1. The summed E-state index contributed by atoms with van der Waals surface area (Å²) in [4.78, 5) is 13.2. The molecule has 0 saturated heterocycles. The number of benzene rings is 1. The van der Waals surface area contributed by atoms with E-state index in [1.54, 1.807) is 11.3 Å². The van der Waals surface area contributed by atoms with Crippen molar-refractivity contribution in [2.24, 2.45) is 0 Å². The van der Waals surface area contributed by atoms with Crippen molar-refractivity contribution in [2.75, 3.05) is 0 Å². The normalized spacial score (nSPS) is 12.1. The van der Waals surface area contributed by atoms with E-state index >= 15 is 0 Å². The molecule has 0 aliphatic rings. The van der Waals surface area contributed by atoms with E-state index in [1.807, 2.05) is 24.4 Å². The average Bonchev–Trinajstić information content (AvgIpc) is 2.95. The van der Waals surface area contributed by atoms with Crippen LogP contribution in [-0.2, 0) is 0 Å². The molecular formula is C15H16FNO2S. The largest absolute Gasteiger partial charge is 0.507 e. The first-order chi connectivity index (χ1) is 9.61. The predicted molar refractivity (Wildman–Crippen MR) is 77.5 cm³/mol. The Morgan fingerprint density at radius 1 is 1.45 bits per heavy atom.